The third-order valence-corrected chi connectivity index (χ3v) is 3.04. The van der Waals surface area contributed by atoms with Crippen molar-refractivity contribution in [2.75, 3.05) is 5.32 Å². The smallest absolute Gasteiger partial charge is 0.251 e. The summed E-state index contributed by atoms with van der Waals surface area (Å²) < 4.78 is 26.7. The quantitative estimate of drug-likeness (QED) is 0.893. The molecule has 4 nitrogen and oxygen atoms in total. The number of carbonyl (C=O) groups is 1. The van der Waals surface area contributed by atoms with Crippen LogP contribution in [0.2, 0.25) is 0 Å². The Bertz CT molecular complexity index is 572. The Morgan fingerprint density at radius 1 is 1.39 bits per heavy atom. The second-order valence-electron chi connectivity index (χ2n) is 3.50. The van der Waals surface area contributed by atoms with Gasteiger partial charge in [0.2, 0.25) is 0 Å². The first kappa shape index (κ1) is 12.4. The fourth-order valence-corrected chi connectivity index (χ4v) is 1.92. The molecule has 7 heteroatoms. The average molecular weight is 269 g/mol. The standard InChI is InChI=1S/C11H9F2N3OS/c12-8-2-9(13)10(1-7(8)11(14)17)16-4-6-3-15-5-18-6/h1-3,5,16H,4H2,(H2,14,17). The number of nitrogens with zero attached hydrogens (tertiary/aromatic N) is 1. The van der Waals surface area contributed by atoms with E-state index in [1.165, 1.54) is 11.3 Å². The Labute approximate surface area is 105 Å². The predicted octanol–water partition coefficient (Wildman–Crippen LogP) is 2.13. The van der Waals surface area contributed by atoms with Gasteiger partial charge >= 0.3 is 0 Å². The number of carbonyl (C=O) groups excluding carboxylic acids is 1. The lowest BCUT2D eigenvalue weighted by Gasteiger charge is -2.08. The number of anilines is 1. The molecule has 0 bridgehead atoms. The minimum absolute atomic E-state index is 0.0265. The molecule has 2 rings (SSSR count). The molecule has 1 aromatic carbocycles. The van der Waals surface area contributed by atoms with Gasteiger partial charge in [-0.3, -0.25) is 9.78 Å². The number of hydrogen-bond acceptors (Lipinski definition) is 4. The maximum absolute atomic E-state index is 13.5. The van der Waals surface area contributed by atoms with Gasteiger partial charge in [0.1, 0.15) is 11.6 Å². The highest BCUT2D eigenvalue weighted by Crippen LogP contribution is 2.20. The molecule has 18 heavy (non-hydrogen) atoms. The second-order valence-corrected chi connectivity index (χ2v) is 4.47. The summed E-state index contributed by atoms with van der Waals surface area (Å²) in [4.78, 5) is 15.7. The Morgan fingerprint density at radius 3 is 2.78 bits per heavy atom. The highest BCUT2D eigenvalue weighted by molar-refractivity contribution is 7.09. The lowest BCUT2D eigenvalue weighted by atomic mass is 10.1. The summed E-state index contributed by atoms with van der Waals surface area (Å²) >= 11 is 1.40. The highest BCUT2D eigenvalue weighted by Gasteiger charge is 2.13. The Balaban J connectivity index is 2.22. The second kappa shape index (κ2) is 5.09. The van der Waals surface area contributed by atoms with E-state index in [9.17, 15) is 13.6 Å². The van der Waals surface area contributed by atoms with Crippen LogP contribution in [0.5, 0.6) is 0 Å². The molecule has 2 aromatic rings. The number of benzene rings is 1. The largest absolute Gasteiger partial charge is 0.378 e. The van der Waals surface area contributed by atoms with Gasteiger partial charge in [-0.05, 0) is 6.07 Å². The number of nitrogens with two attached hydrogens (primary N) is 1. The molecule has 0 aliphatic heterocycles. The minimum Gasteiger partial charge on any atom is -0.378 e. The van der Waals surface area contributed by atoms with E-state index in [4.69, 9.17) is 5.73 Å². The monoisotopic (exact) mass is 269 g/mol. The molecule has 0 unspecified atom stereocenters. The Kier molecular flexibility index (Phi) is 3.52. The first-order chi connectivity index (χ1) is 8.58. The third-order valence-electron chi connectivity index (χ3n) is 2.26. The minimum atomic E-state index is -0.969. The molecule has 0 fully saturated rings. The molecule has 94 valence electrons. The maximum Gasteiger partial charge on any atom is 0.251 e. The van der Waals surface area contributed by atoms with Crippen LogP contribution in [0.3, 0.4) is 0 Å². The topological polar surface area (TPSA) is 68.0 Å². The van der Waals surface area contributed by atoms with E-state index in [1.54, 1.807) is 11.7 Å². The van der Waals surface area contributed by atoms with Crippen LogP contribution in [0.1, 0.15) is 15.2 Å². The molecular formula is C11H9F2N3OS. The average Bonchev–Trinajstić information content (AvgIpc) is 2.80. The van der Waals surface area contributed by atoms with E-state index in [0.717, 1.165) is 10.9 Å². The van der Waals surface area contributed by atoms with Gasteiger partial charge in [0.25, 0.3) is 5.91 Å². The van der Waals surface area contributed by atoms with Crippen molar-refractivity contribution in [1.29, 1.82) is 0 Å². The van der Waals surface area contributed by atoms with Gasteiger partial charge in [0.05, 0.1) is 23.3 Å². The van der Waals surface area contributed by atoms with E-state index in [-0.39, 0.29) is 11.3 Å². The Morgan fingerprint density at radius 2 is 2.17 bits per heavy atom. The number of rotatable bonds is 4. The zero-order chi connectivity index (χ0) is 13.1. The van der Waals surface area contributed by atoms with E-state index in [0.29, 0.717) is 12.6 Å². The van der Waals surface area contributed by atoms with Crippen LogP contribution in [0.25, 0.3) is 0 Å². The van der Waals surface area contributed by atoms with Crippen LogP contribution in [0.4, 0.5) is 14.5 Å². The molecule has 0 radical (unpaired) electrons. The van der Waals surface area contributed by atoms with E-state index < -0.39 is 17.5 Å². The molecule has 1 aromatic heterocycles. The van der Waals surface area contributed by atoms with Crippen molar-refractivity contribution in [2.24, 2.45) is 5.73 Å². The number of hydrogen-bond donors (Lipinski definition) is 2. The summed E-state index contributed by atoms with van der Waals surface area (Å²) in [5, 5.41) is 2.76. The first-order valence-corrected chi connectivity index (χ1v) is 5.86. The molecule has 0 atom stereocenters. The Hall–Kier alpha value is -2.02. The lowest BCUT2D eigenvalue weighted by molar-refractivity contribution is 0.0996. The van der Waals surface area contributed by atoms with Crippen LogP contribution >= 0.6 is 11.3 Å². The van der Waals surface area contributed by atoms with E-state index >= 15 is 0 Å². The third kappa shape index (κ3) is 2.62. The summed E-state index contributed by atoms with van der Waals surface area (Å²) in [6.07, 6.45) is 1.63. The van der Waals surface area contributed by atoms with Crippen molar-refractivity contribution < 1.29 is 13.6 Å². The maximum atomic E-state index is 13.5. The SMILES string of the molecule is NC(=O)c1cc(NCc2cncs2)c(F)cc1F. The summed E-state index contributed by atoms with van der Waals surface area (Å²) in [6.45, 7) is 0.339. The van der Waals surface area contributed by atoms with E-state index in [2.05, 4.69) is 10.3 Å². The number of halogens is 2. The molecule has 1 amide bonds. The fourth-order valence-electron chi connectivity index (χ4n) is 1.39. The molecule has 0 spiro atoms. The molecular weight excluding hydrogens is 260 g/mol. The van der Waals surface area contributed by atoms with Gasteiger partial charge in [-0.2, -0.15) is 0 Å². The number of amides is 1. The molecule has 0 saturated heterocycles. The van der Waals surface area contributed by atoms with E-state index in [1.807, 2.05) is 0 Å². The summed E-state index contributed by atoms with van der Waals surface area (Å²) in [5.41, 5.74) is 6.32. The van der Waals surface area contributed by atoms with Crippen molar-refractivity contribution in [3.63, 3.8) is 0 Å². The summed E-state index contributed by atoms with van der Waals surface area (Å²) in [5.74, 6) is -2.68. The summed E-state index contributed by atoms with van der Waals surface area (Å²) in [7, 11) is 0. The van der Waals surface area contributed by atoms with Crippen molar-refractivity contribution in [3.8, 4) is 0 Å². The van der Waals surface area contributed by atoms with Crippen molar-refractivity contribution >= 4 is 22.9 Å². The highest BCUT2D eigenvalue weighted by atomic mass is 32.1. The fraction of sp³-hybridized carbons (Fsp3) is 0.0909. The molecule has 0 aliphatic rings. The van der Waals surface area contributed by atoms with Crippen LogP contribution in [0.15, 0.2) is 23.8 Å². The zero-order valence-corrected chi connectivity index (χ0v) is 9.93. The van der Waals surface area contributed by atoms with Crippen molar-refractivity contribution in [3.05, 3.63) is 45.9 Å². The molecule has 1 heterocycles. The van der Waals surface area contributed by atoms with Crippen molar-refractivity contribution in [2.45, 2.75) is 6.54 Å². The predicted molar refractivity (Wildman–Crippen MR) is 64.3 cm³/mol. The summed E-state index contributed by atoms with van der Waals surface area (Å²) in [6, 6.07) is 1.70. The van der Waals surface area contributed by atoms with Gasteiger partial charge in [-0.25, -0.2) is 8.78 Å². The number of nitrogens with one attached hydrogen (secondary N) is 1. The number of thiazole rings is 1. The zero-order valence-electron chi connectivity index (χ0n) is 9.11. The molecule has 0 aliphatic carbocycles. The lowest BCUT2D eigenvalue weighted by Crippen LogP contribution is -2.14. The van der Waals surface area contributed by atoms with Gasteiger partial charge in [0.15, 0.2) is 0 Å². The van der Waals surface area contributed by atoms with Crippen LogP contribution in [0, 0.1) is 11.6 Å². The van der Waals surface area contributed by atoms with Gasteiger partial charge in [0, 0.05) is 17.1 Å². The number of primary amides is 1. The van der Waals surface area contributed by atoms with Crippen LogP contribution < -0.4 is 11.1 Å². The van der Waals surface area contributed by atoms with Crippen molar-refractivity contribution in [1.82, 2.24) is 4.98 Å². The number of aromatic nitrogens is 1. The molecule has 3 N–H and O–H groups in total. The normalized spacial score (nSPS) is 10.3. The molecule has 0 saturated carbocycles. The van der Waals surface area contributed by atoms with Crippen LogP contribution in [-0.4, -0.2) is 10.9 Å². The van der Waals surface area contributed by atoms with Gasteiger partial charge < -0.3 is 11.1 Å². The van der Waals surface area contributed by atoms with Crippen LogP contribution in [-0.2, 0) is 6.54 Å². The van der Waals surface area contributed by atoms with Gasteiger partial charge in [-0.15, -0.1) is 11.3 Å². The first-order valence-electron chi connectivity index (χ1n) is 4.98. The van der Waals surface area contributed by atoms with Gasteiger partial charge in [-0.1, -0.05) is 0 Å².